The summed E-state index contributed by atoms with van der Waals surface area (Å²) in [5.41, 5.74) is 0.0175. The van der Waals surface area contributed by atoms with Crippen LogP contribution in [0, 0.1) is 5.82 Å². The fraction of sp³-hybridized carbons (Fsp3) is 0.222. The average Bonchev–Trinajstić information content (AvgIpc) is 2.03. The highest BCUT2D eigenvalue weighted by Crippen LogP contribution is 2.18. The van der Waals surface area contributed by atoms with Gasteiger partial charge in [-0.15, -0.1) is 0 Å². The van der Waals surface area contributed by atoms with Gasteiger partial charge in [-0.1, -0.05) is 0 Å². The summed E-state index contributed by atoms with van der Waals surface area (Å²) in [7, 11) is 0. The van der Waals surface area contributed by atoms with Gasteiger partial charge in [0.05, 0.1) is 11.7 Å². The Bertz CT molecular complexity index is 334. The van der Waals surface area contributed by atoms with Gasteiger partial charge >= 0.3 is 5.97 Å². The van der Waals surface area contributed by atoms with Crippen molar-refractivity contribution in [3.63, 3.8) is 0 Å². The molecule has 1 rings (SSSR count). The van der Waals surface area contributed by atoms with E-state index in [1.807, 2.05) is 0 Å². The lowest BCUT2D eigenvalue weighted by atomic mass is 10.0. The summed E-state index contributed by atoms with van der Waals surface area (Å²) in [6, 6.07) is 3.21. The SMILES string of the molecule is CC(O)c1cc(F)ccc1C(=O)O. The molecule has 1 atom stereocenters. The highest BCUT2D eigenvalue weighted by molar-refractivity contribution is 5.89. The second kappa shape index (κ2) is 3.53. The van der Waals surface area contributed by atoms with E-state index in [2.05, 4.69) is 0 Å². The predicted molar refractivity (Wildman–Crippen MR) is 44.0 cm³/mol. The van der Waals surface area contributed by atoms with Crippen molar-refractivity contribution in [3.8, 4) is 0 Å². The van der Waals surface area contributed by atoms with Crippen molar-refractivity contribution in [2.45, 2.75) is 13.0 Å². The zero-order valence-corrected chi connectivity index (χ0v) is 6.99. The molecule has 70 valence electrons. The molecule has 0 radical (unpaired) electrons. The molecular weight excluding hydrogens is 175 g/mol. The number of carbonyl (C=O) groups is 1. The second-order valence-corrected chi connectivity index (χ2v) is 2.71. The van der Waals surface area contributed by atoms with Crippen LogP contribution in [0.4, 0.5) is 4.39 Å². The summed E-state index contributed by atoms with van der Waals surface area (Å²) in [5, 5.41) is 17.8. The van der Waals surface area contributed by atoms with Crippen LogP contribution >= 0.6 is 0 Å². The molecule has 1 unspecified atom stereocenters. The number of aromatic carboxylic acids is 1. The maximum absolute atomic E-state index is 12.7. The molecule has 0 saturated carbocycles. The van der Waals surface area contributed by atoms with Crippen LogP contribution in [0.25, 0.3) is 0 Å². The Balaban J connectivity index is 3.26. The molecule has 1 aromatic carbocycles. The van der Waals surface area contributed by atoms with Crippen molar-refractivity contribution in [3.05, 3.63) is 35.1 Å². The number of rotatable bonds is 2. The van der Waals surface area contributed by atoms with Gasteiger partial charge in [-0.2, -0.15) is 0 Å². The Morgan fingerprint density at radius 2 is 2.15 bits per heavy atom. The van der Waals surface area contributed by atoms with E-state index in [0.717, 1.165) is 18.2 Å². The van der Waals surface area contributed by atoms with Gasteiger partial charge in [-0.25, -0.2) is 9.18 Å². The molecule has 3 nitrogen and oxygen atoms in total. The number of carboxylic acid groups (broad SMARTS) is 1. The zero-order chi connectivity index (χ0) is 10.0. The Kier molecular flexibility index (Phi) is 2.63. The highest BCUT2D eigenvalue weighted by Gasteiger charge is 2.14. The molecule has 0 aliphatic carbocycles. The third-order valence-electron chi connectivity index (χ3n) is 1.69. The minimum Gasteiger partial charge on any atom is -0.478 e. The first kappa shape index (κ1) is 9.67. The van der Waals surface area contributed by atoms with Crippen LogP contribution in [0.2, 0.25) is 0 Å². The molecule has 0 bridgehead atoms. The van der Waals surface area contributed by atoms with Crippen LogP contribution in [0.1, 0.15) is 28.9 Å². The average molecular weight is 184 g/mol. The number of hydrogen-bond acceptors (Lipinski definition) is 2. The first-order valence-corrected chi connectivity index (χ1v) is 3.73. The van der Waals surface area contributed by atoms with Crippen molar-refractivity contribution in [1.82, 2.24) is 0 Å². The second-order valence-electron chi connectivity index (χ2n) is 2.71. The molecule has 0 heterocycles. The van der Waals surface area contributed by atoms with Crippen LogP contribution in [-0.4, -0.2) is 16.2 Å². The third-order valence-corrected chi connectivity index (χ3v) is 1.69. The maximum atomic E-state index is 12.7. The largest absolute Gasteiger partial charge is 0.478 e. The van der Waals surface area contributed by atoms with Gasteiger partial charge in [0.25, 0.3) is 0 Å². The molecular formula is C9H9FO3. The van der Waals surface area contributed by atoms with Crippen molar-refractivity contribution >= 4 is 5.97 Å². The number of carboxylic acids is 1. The smallest absolute Gasteiger partial charge is 0.336 e. The van der Waals surface area contributed by atoms with Crippen molar-refractivity contribution in [2.75, 3.05) is 0 Å². The molecule has 0 amide bonds. The quantitative estimate of drug-likeness (QED) is 0.733. The summed E-state index contributed by atoms with van der Waals surface area (Å²) in [6.45, 7) is 1.39. The van der Waals surface area contributed by atoms with E-state index < -0.39 is 17.9 Å². The van der Waals surface area contributed by atoms with Gasteiger partial charge in [0.1, 0.15) is 5.82 Å². The molecule has 0 aliphatic heterocycles. The van der Waals surface area contributed by atoms with E-state index in [0.29, 0.717) is 0 Å². The van der Waals surface area contributed by atoms with E-state index in [4.69, 9.17) is 10.2 Å². The third kappa shape index (κ3) is 2.03. The first-order valence-electron chi connectivity index (χ1n) is 3.73. The number of benzene rings is 1. The van der Waals surface area contributed by atoms with Gasteiger partial charge in [0.15, 0.2) is 0 Å². The van der Waals surface area contributed by atoms with Crippen LogP contribution < -0.4 is 0 Å². The molecule has 0 spiro atoms. The molecule has 0 saturated heterocycles. The van der Waals surface area contributed by atoms with Crippen molar-refractivity contribution in [1.29, 1.82) is 0 Å². The molecule has 13 heavy (non-hydrogen) atoms. The lowest BCUT2D eigenvalue weighted by Crippen LogP contribution is -2.05. The standard InChI is InChI=1S/C9H9FO3/c1-5(11)8-4-6(10)2-3-7(8)9(12)13/h2-5,11H,1H3,(H,12,13). The van der Waals surface area contributed by atoms with Crippen LogP contribution in [0.15, 0.2) is 18.2 Å². The summed E-state index contributed by atoms with van der Waals surface area (Å²) in [4.78, 5) is 10.6. The van der Waals surface area contributed by atoms with E-state index in [-0.39, 0.29) is 11.1 Å². The normalized spacial score (nSPS) is 12.5. The van der Waals surface area contributed by atoms with E-state index >= 15 is 0 Å². The van der Waals surface area contributed by atoms with Crippen molar-refractivity contribution in [2.24, 2.45) is 0 Å². The monoisotopic (exact) mass is 184 g/mol. The van der Waals surface area contributed by atoms with Gasteiger partial charge in [0.2, 0.25) is 0 Å². The number of hydrogen-bond donors (Lipinski definition) is 2. The Morgan fingerprint density at radius 1 is 1.54 bits per heavy atom. The molecule has 1 aromatic rings. The Morgan fingerprint density at radius 3 is 2.62 bits per heavy atom. The first-order chi connectivity index (χ1) is 6.02. The summed E-state index contributed by atoms with van der Waals surface area (Å²) >= 11 is 0. The lowest BCUT2D eigenvalue weighted by molar-refractivity contribution is 0.0690. The number of halogens is 1. The number of aliphatic hydroxyl groups excluding tert-OH is 1. The molecule has 0 aromatic heterocycles. The Hall–Kier alpha value is -1.42. The zero-order valence-electron chi connectivity index (χ0n) is 6.99. The lowest BCUT2D eigenvalue weighted by Gasteiger charge is -2.08. The topological polar surface area (TPSA) is 57.5 Å². The van der Waals surface area contributed by atoms with Gasteiger partial charge in [0, 0.05) is 0 Å². The predicted octanol–water partition coefficient (Wildman–Crippen LogP) is 1.58. The minimum atomic E-state index is -1.17. The van der Waals surface area contributed by atoms with E-state index in [9.17, 15) is 9.18 Å². The molecule has 0 aliphatic rings. The molecule has 2 N–H and O–H groups in total. The van der Waals surface area contributed by atoms with Crippen molar-refractivity contribution < 1.29 is 19.4 Å². The van der Waals surface area contributed by atoms with E-state index in [1.165, 1.54) is 6.92 Å². The van der Waals surface area contributed by atoms with Crippen LogP contribution in [0.3, 0.4) is 0 Å². The summed E-state index contributed by atoms with van der Waals surface area (Å²) in [5.74, 6) is -1.73. The fourth-order valence-corrected chi connectivity index (χ4v) is 1.07. The summed E-state index contributed by atoms with van der Waals surface area (Å²) < 4.78 is 12.7. The fourth-order valence-electron chi connectivity index (χ4n) is 1.07. The molecule has 0 fully saturated rings. The highest BCUT2D eigenvalue weighted by atomic mass is 19.1. The minimum absolute atomic E-state index is 0.0728. The molecule has 4 heteroatoms. The summed E-state index contributed by atoms with van der Waals surface area (Å²) in [6.07, 6.45) is -0.984. The van der Waals surface area contributed by atoms with Gasteiger partial charge < -0.3 is 10.2 Å². The van der Waals surface area contributed by atoms with Crippen LogP contribution in [-0.2, 0) is 0 Å². The van der Waals surface area contributed by atoms with Gasteiger partial charge in [-0.05, 0) is 30.7 Å². The van der Waals surface area contributed by atoms with Gasteiger partial charge in [-0.3, -0.25) is 0 Å². The Labute approximate surface area is 74.4 Å². The number of aliphatic hydroxyl groups is 1. The van der Waals surface area contributed by atoms with E-state index in [1.54, 1.807) is 0 Å². The van der Waals surface area contributed by atoms with Crippen LogP contribution in [0.5, 0.6) is 0 Å². The maximum Gasteiger partial charge on any atom is 0.336 e.